The van der Waals surface area contributed by atoms with Crippen LogP contribution in [0.5, 0.6) is 0 Å². The van der Waals surface area contributed by atoms with Crippen molar-refractivity contribution in [1.29, 1.82) is 0 Å². The minimum absolute atomic E-state index is 0.0532. The molecule has 3 saturated heterocycles. The van der Waals surface area contributed by atoms with Gasteiger partial charge in [0.15, 0.2) is 0 Å². The zero-order valence-corrected chi connectivity index (χ0v) is 24.3. The van der Waals surface area contributed by atoms with Crippen molar-refractivity contribution in [2.24, 2.45) is 0 Å². The van der Waals surface area contributed by atoms with Gasteiger partial charge in [0.05, 0.1) is 43.0 Å². The summed E-state index contributed by atoms with van der Waals surface area (Å²) in [4.78, 5) is 43.5. The van der Waals surface area contributed by atoms with Gasteiger partial charge in [-0.1, -0.05) is 48.5 Å². The van der Waals surface area contributed by atoms with E-state index in [-0.39, 0.29) is 18.0 Å². The van der Waals surface area contributed by atoms with Crippen LogP contribution in [0.4, 0.5) is 4.79 Å². The number of nitrogens with one attached hydrogen (secondary N) is 4. The zero-order chi connectivity index (χ0) is 29.3. The molecule has 0 spiro atoms. The first kappa shape index (κ1) is 27.4. The van der Waals surface area contributed by atoms with E-state index >= 15 is 0 Å². The Morgan fingerprint density at radius 2 is 1.44 bits per heavy atom. The van der Waals surface area contributed by atoms with Gasteiger partial charge in [-0.3, -0.25) is 4.79 Å². The number of methoxy groups -OCH3 is 1. The van der Waals surface area contributed by atoms with Gasteiger partial charge >= 0.3 is 6.09 Å². The number of amides is 2. The Kier molecular flexibility index (Phi) is 7.44. The molecule has 4 aromatic rings. The first-order valence-electron chi connectivity index (χ1n) is 15.3. The zero-order valence-electron chi connectivity index (χ0n) is 24.3. The van der Waals surface area contributed by atoms with Crippen molar-refractivity contribution < 1.29 is 14.3 Å². The lowest BCUT2D eigenvalue weighted by Crippen LogP contribution is -2.49. The maximum atomic E-state index is 13.5. The molecule has 0 radical (unpaired) electrons. The molecule has 7 rings (SSSR count). The van der Waals surface area contributed by atoms with Crippen molar-refractivity contribution in [2.45, 2.75) is 69.1 Å². The molecule has 4 atom stereocenters. The first-order chi connectivity index (χ1) is 21.1. The van der Waals surface area contributed by atoms with Crippen molar-refractivity contribution in [3.8, 4) is 33.6 Å². The standard InChI is InChI=1S/C33H37N7O3/c1-43-33(42)39-26-5-2-4-24-15-16-29(40(24)32(26)41)31-36-19-28(38-31)23-13-9-21(10-14-23)20-7-11-22(12-8-20)27-18-35-30(37-27)25-6-3-17-34-25/h7-14,18-19,24-26,29,34H,2-6,15-17H2,1H3,(H,35,37)(H,36,38)(H,39,42)/t24?,25-,26-,29-/m0/s1. The number of imidazole rings is 2. The first-order valence-corrected chi connectivity index (χ1v) is 15.3. The SMILES string of the molecule is COC(=O)N[C@H]1CCCC2CC[C@@H](c3ncc(-c4ccc(-c5ccc(-c6cnc([C@@H]7CCCN7)[nH]6)cc5)cc4)[nH]3)N2C1=O. The Hall–Kier alpha value is -4.44. The second-order valence-electron chi connectivity index (χ2n) is 11.8. The second-order valence-corrected chi connectivity index (χ2v) is 11.8. The van der Waals surface area contributed by atoms with Crippen LogP contribution in [0.25, 0.3) is 33.6 Å². The topological polar surface area (TPSA) is 128 Å². The van der Waals surface area contributed by atoms with Gasteiger partial charge in [-0.15, -0.1) is 0 Å². The molecule has 10 heteroatoms. The van der Waals surface area contributed by atoms with Crippen LogP contribution in [0.3, 0.4) is 0 Å². The van der Waals surface area contributed by atoms with Crippen LogP contribution >= 0.6 is 0 Å². The van der Waals surface area contributed by atoms with Crippen LogP contribution in [0.2, 0.25) is 0 Å². The van der Waals surface area contributed by atoms with Crippen LogP contribution in [0.15, 0.2) is 60.9 Å². The number of rotatable bonds is 6. The number of aromatic amines is 2. The highest BCUT2D eigenvalue weighted by Gasteiger charge is 2.43. The van der Waals surface area contributed by atoms with E-state index in [2.05, 4.69) is 74.1 Å². The van der Waals surface area contributed by atoms with Gasteiger partial charge in [0.2, 0.25) is 5.91 Å². The Morgan fingerprint density at radius 1 is 0.814 bits per heavy atom. The average Bonchev–Trinajstić information content (AvgIpc) is 3.86. The summed E-state index contributed by atoms with van der Waals surface area (Å²) in [5, 5.41) is 6.22. The molecule has 5 heterocycles. The molecule has 0 saturated carbocycles. The molecule has 3 aliphatic rings. The smallest absolute Gasteiger partial charge is 0.407 e. The van der Waals surface area contributed by atoms with Crippen molar-refractivity contribution in [1.82, 2.24) is 35.5 Å². The molecule has 2 aromatic heterocycles. The maximum absolute atomic E-state index is 13.5. The summed E-state index contributed by atoms with van der Waals surface area (Å²) >= 11 is 0. The summed E-state index contributed by atoms with van der Waals surface area (Å²) in [6, 6.07) is 16.8. The number of nitrogens with zero attached hydrogens (tertiary/aromatic N) is 3. The molecule has 2 amide bonds. The van der Waals surface area contributed by atoms with Gasteiger partial charge in [0, 0.05) is 6.04 Å². The third-order valence-corrected chi connectivity index (χ3v) is 9.18. The van der Waals surface area contributed by atoms with Crippen LogP contribution in [-0.2, 0) is 9.53 Å². The van der Waals surface area contributed by atoms with Crippen molar-refractivity contribution >= 4 is 12.0 Å². The minimum atomic E-state index is -0.573. The van der Waals surface area contributed by atoms with Crippen molar-refractivity contribution in [3.63, 3.8) is 0 Å². The van der Waals surface area contributed by atoms with Gasteiger partial charge in [-0.2, -0.15) is 0 Å². The predicted molar refractivity (Wildman–Crippen MR) is 163 cm³/mol. The highest BCUT2D eigenvalue weighted by atomic mass is 16.5. The molecular weight excluding hydrogens is 542 g/mol. The fraction of sp³-hybridized carbons (Fsp3) is 0.394. The van der Waals surface area contributed by atoms with Gasteiger partial charge < -0.3 is 30.2 Å². The van der Waals surface area contributed by atoms with Crippen LogP contribution in [-0.4, -0.2) is 62.6 Å². The van der Waals surface area contributed by atoms with E-state index in [9.17, 15) is 9.59 Å². The van der Waals surface area contributed by atoms with Gasteiger partial charge in [0.1, 0.15) is 17.7 Å². The molecule has 222 valence electrons. The highest BCUT2D eigenvalue weighted by Crippen LogP contribution is 2.40. The van der Waals surface area contributed by atoms with Gasteiger partial charge in [0.25, 0.3) is 0 Å². The lowest BCUT2D eigenvalue weighted by molar-refractivity contribution is -0.135. The quantitative estimate of drug-likeness (QED) is 0.239. The number of alkyl carbamates (subject to hydrolysis) is 1. The van der Waals surface area contributed by atoms with E-state index in [1.165, 1.54) is 13.5 Å². The normalized spacial score (nSPS) is 23.7. The monoisotopic (exact) mass is 579 g/mol. The molecule has 1 unspecified atom stereocenters. The summed E-state index contributed by atoms with van der Waals surface area (Å²) in [7, 11) is 1.32. The third-order valence-electron chi connectivity index (χ3n) is 9.18. The van der Waals surface area contributed by atoms with E-state index in [1.807, 2.05) is 17.3 Å². The Morgan fingerprint density at radius 3 is 2.07 bits per heavy atom. The van der Waals surface area contributed by atoms with E-state index in [4.69, 9.17) is 9.72 Å². The predicted octanol–water partition coefficient (Wildman–Crippen LogP) is 5.50. The Bertz CT molecular complexity index is 1590. The molecule has 10 nitrogen and oxygen atoms in total. The molecular formula is C33H37N7O3. The summed E-state index contributed by atoms with van der Waals surface area (Å²) in [6.45, 7) is 1.05. The third kappa shape index (κ3) is 5.43. The highest BCUT2D eigenvalue weighted by molar-refractivity contribution is 5.86. The van der Waals surface area contributed by atoms with Crippen LogP contribution < -0.4 is 10.6 Å². The van der Waals surface area contributed by atoms with Gasteiger partial charge in [-0.25, -0.2) is 14.8 Å². The average molecular weight is 580 g/mol. The molecule has 2 aromatic carbocycles. The van der Waals surface area contributed by atoms with Crippen LogP contribution in [0, 0.1) is 0 Å². The van der Waals surface area contributed by atoms with Crippen molar-refractivity contribution in [2.75, 3.05) is 13.7 Å². The molecule has 4 N–H and O–H groups in total. The number of carbonyl (C=O) groups is 2. The lowest BCUT2D eigenvalue weighted by atomic mass is 10.0. The number of H-pyrrole nitrogens is 2. The minimum Gasteiger partial charge on any atom is -0.453 e. The number of benzene rings is 2. The Balaban J connectivity index is 1.04. The number of aromatic nitrogens is 4. The number of hydrogen-bond donors (Lipinski definition) is 4. The summed E-state index contributed by atoms with van der Waals surface area (Å²) in [5.41, 5.74) is 6.38. The van der Waals surface area contributed by atoms with Crippen LogP contribution in [0.1, 0.15) is 68.7 Å². The molecule has 3 aliphatic heterocycles. The fourth-order valence-corrected chi connectivity index (χ4v) is 6.88. The number of ether oxygens (including phenoxy) is 1. The fourth-order valence-electron chi connectivity index (χ4n) is 6.88. The molecule has 43 heavy (non-hydrogen) atoms. The summed E-state index contributed by atoms with van der Waals surface area (Å²) in [6.07, 6.45) is 9.72. The van der Waals surface area contributed by atoms with E-state index in [1.54, 1.807) is 0 Å². The largest absolute Gasteiger partial charge is 0.453 e. The molecule has 3 fully saturated rings. The van der Waals surface area contributed by atoms with E-state index < -0.39 is 12.1 Å². The van der Waals surface area contributed by atoms with E-state index in [0.717, 1.165) is 83.9 Å². The van der Waals surface area contributed by atoms with Crippen molar-refractivity contribution in [3.05, 3.63) is 72.6 Å². The Labute approximate surface area is 250 Å². The number of carbonyl (C=O) groups excluding carboxylic acids is 2. The number of hydrogen-bond acceptors (Lipinski definition) is 6. The van der Waals surface area contributed by atoms with E-state index in [0.29, 0.717) is 12.5 Å². The maximum Gasteiger partial charge on any atom is 0.407 e. The molecule has 0 bridgehead atoms. The summed E-state index contributed by atoms with van der Waals surface area (Å²) < 4.78 is 4.75. The van der Waals surface area contributed by atoms with Gasteiger partial charge in [-0.05, 0) is 73.7 Å². The summed E-state index contributed by atoms with van der Waals surface area (Å²) in [5.74, 6) is 1.75. The number of fused-ring (bicyclic) bond motifs is 1. The molecule has 0 aliphatic carbocycles. The second kappa shape index (κ2) is 11.7. The lowest BCUT2D eigenvalue weighted by Gasteiger charge is -2.30.